The molecule has 0 saturated carbocycles. The topological polar surface area (TPSA) is 67.9 Å². The first-order valence-corrected chi connectivity index (χ1v) is 10.6. The summed E-state index contributed by atoms with van der Waals surface area (Å²) in [4.78, 5) is 17.8. The molecule has 3 heterocycles. The minimum Gasteiger partial charge on any atom is -0.497 e. The van der Waals surface area contributed by atoms with Gasteiger partial charge in [0.2, 0.25) is 0 Å². The Morgan fingerprint density at radius 3 is 2.78 bits per heavy atom. The van der Waals surface area contributed by atoms with Crippen molar-refractivity contribution < 1.29 is 13.9 Å². The molecular weight excluding hydrogens is 426 g/mol. The average Bonchev–Trinajstić information content (AvgIpc) is 3.48. The third-order valence-electron chi connectivity index (χ3n) is 5.56. The van der Waals surface area contributed by atoms with Gasteiger partial charge in [-0.05, 0) is 48.9 Å². The molecule has 1 atom stereocenters. The molecule has 7 heteroatoms. The van der Waals surface area contributed by atoms with Gasteiger partial charge in [-0.3, -0.25) is 4.79 Å². The summed E-state index contributed by atoms with van der Waals surface area (Å²) in [6.45, 7) is 2.03. The van der Waals surface area contributed by atoms with Crippen molar-refractivity contribution in [2.75, 3.05) is 7.11 Å². The van der Waals surface area contributed by atoms with Crippen LogP contribution in [0.5, 0.6) is 5.75 Å². The van der Waals surface area contributed by atoms with Crippen molar-refractivity contribution in [1.82, 2.24) is 9.99 Å². The van der Waals surface area contributed by atoms with E-state index in [0.717, 1.165) is 39.1 Å². The van der Waals surface area contributed by atoms with Crippen LogP contribution in [0.2, 0.25) is 5.15 Å². The predicted octanol–water partition coefficient (Wildman–Crippen LogP) is 5.79. The number of hydrazone groups is 1. The molecule has 1 amide bonds. The predicted molar refractivity (Wildman–Crippen MR) is 123 cm³/mol. The number of carbonyl (C=O) groups excluding carboxylic acids is 1. The third-order valence-corrected chi connectivity index (χ3v) is 5.87. The molecule has 0 fully saturated rings. The molecule has 0 aliphatic carbocycles. The van der Waals surface area contributed by atoms with Crippen LogP contribution in [-0.2, 0) is 0 Å². The number of aromatic nitrogens is 1. The van der Waals surface area contributed by atoms with E-state index >= 15 is 0 Å². The maximum atomic E-state index is 13.3. The molecular formula is C25H20ClN3O3. The number of hydrogen-bond acceptors (Lipinski definition) is 5. The number of aryl methyl sites for hydroxylation is 1. The van der Waals surface area contributed by atoms with E-state index in [1.807, 2.05) is 49.4 Å². The Balaban J connectivity index is 1.61. The second-order valence-electron chi connectivity index (χ2n) is 7.69. The SMILES string of the molecule is COc1ccc2nc(Cl)c(C3CC(c4cccc(C)c4)=NN3C(=O)c3ccco3)cc2c1. The summed E-state index contributed by atoms with van der Waals surface area (Å²) in [5, 5.41) is 7.36. The highest BCUT2D eigenvalue weighted by atomic mass is 35.5. The van der Waals surface area contributed by atoms with E-state index in [2.05, 4.69) is 11.1 Å². The zero-order chi connectivity index (χ0) is 22.2. The molecule has 0 bridgehead atoms. The van der Waals surface area contributed by atoms with Crippen LogP contribution >= 0.6 is 11.6 Å². The number of fused-ring (bicyclic) bond motifs is 1. The van der Waals surface area contributed by atoms with Gasteiger partial charge in [0.05, 0.1) is 30.6 Å². The summed E-state index contributed by atoms with van der Waals surface area (Å²) in [6.07, 6.45) is 1.98. The van der Waals surface area contributed by atoms with E-state index in [-0.39, 0.29) is 11.7 Å². The lowest BCUT2D eigenvalue weighted by atomic mass is 9.97. The molecule has 5 rings (SSSR count). The van der Waals surface area contributed by atoms with Gasteiger partial charge in [0.15, 0.2) is 5.76 Å². The first kappa shape index (κ1) is 20.3. The van der Waals surface area contributed by atoms with Gasteiger partial charge in [0.1, 0.15) is 10.9 Å². The second-order valence-corrected chi connectivity index (χ2v) is 8.05. The van der Waals surface area contributed by atoms with E-state index in [1.165, 1.54) is 11.3 Å². The lowest BCUT2D eigenvalue weighted by molar-refractivity contribution is 0.0678. The van der Waals surface area contributed by atoms with Crippen molar-refractivity contribution in [2.45, 2.75) is 19.4 Å². The average molecular weight is 446 g/mol. The minimum atomic E-state index is -0.418. The Labute approximate surface area is 190 Å². The molecule has 0 radical (unpaired) electrons. The maximum absolute atomic E-state index is 13.3. The van der Waals surface area contributed by atoms with Crippen LogP contribution in [0, 0.1) is 6.92 Å². The van der Waals surface area contributed by atoms with Crippen molar-refractivity contribution >= 4 is 34.1 Å². The van der Waals surface area contributed by atoms with Gasteiger partial charge in [-0.1, -0.05) is 41.4 Å². The normalized spacial score (nSPS) is 15.8. The number of pyridine rings is 1. The first-order valence-electron chi connectivity index (χ1n) is 10.2. The fourth-order valence-corrected chi connectivity index (χ4v) is 4.23. The number of hydrogen-bond donors (Lipinski definition) is 0. The third kappa shape index (κ3) is 3.63. The van der Waals surface area contributed by atoms with Gasteiger partial charge < -0.3 is 9.15 Å². The smallest absolute Gasteiger partial charge is 0.310 e. The standard InChI is InChI=1S/C25H20ClN3O3/c1-15-5-3-6-16(11-15)21-14-22(29(28-21)25(30)23-7-4-10-32-23)19-13-17-12-18(31-2)8-9-20(17)27-24(19)26/h3-13,22H,14H2,1-2H3. The number of nitrogens with zero attached hydrogens (tertiary/aromatic N) is 3. The monoisotopic (exact) mass is 445 g/mol. The molecule has 32 heavy (non-hydrogen) atoms. The number of carbonyl (C=O) groups is 1. The van der Waals surface area contributed by atoms with E-state index < -0.39 is 6.04 Å². The highest BCUT2D eigenvalue weighted by molar-refractivity contribution is 6.30. The Kier molecular flexibility index (Phi) is 5.15. The fraction of sp³-hybridized carbons (Fsp3) is 0.160. The number of ether oxygens (including phenoxy) is 1. The molecule has 160 valence electrons. The summed E-state index contributed by atoms with van der Waals surface area (Å²) in [6, 6.07) is 18.5. The van der Waals surface area contributed by atoms with Gasteiger partial charge in [0.25, 0.3) is 0 Å². The molecule has 0 saturated heterocycles. The van der Waals surface area contributed by atoms with E-state index in [1.54, 1.807) is 19.2 Å². The van der Waals surface area contributed by atoms with E-state index in [9.17, 15) is 4.79 Å². The van der Waals surface area contributed by atoms with Gasteiger partial charge in [-0.25, -0.2) is 9.99 Å². The summed E-state index contributed by atoms with van der Waals surface area (Å²) in [7, 11) is 1.62. The molecule has 6 nitrogen and oxygen atoms in total. The highest BCUT2D eigenvalue weighted by Crippen LogP contribution is 2.38. The van der Waals surface area contributed by atoms with Crippen LogP contribution < -0.4 is 4.74 Å². The Hall–Kier alpha value is -3.64. The van der Waals surface area contributed by atoms with Crippen LogP contribution in [0.1, 0.15) is 39.7 Å². The molecule has 1 aliphatic heterocycles. The minimum absolute atomic E-state index is 0.218. The van der Waals surface area contributed by atoms with Gasteiger partial charge >= 0.3 is 5.91 Å². The lowest BCUT2D eigenvalue weighted by Crippen LogP contribution is -2.27. The number of halogens is 1. The number of methoxy groups -OCH3 is 1. The fourth-order valence-electron chi connectivity index (χ4n) is 3.96. The molecule has 2 aromatic carbocycles. The summed E-state index contributed by atoms with van der Waals surface area (Å²) in [5.74, 6) is 0.611. The summed E-state index contributed by atoms with van der Waals surface area (Å²) >= 11 is 6.62. The van der Waals surface area contributed by atoms with Crippen LogP contribution in [0.25, 0.3) is 10.9 Å². The van der Waals surface area contributed by atoms with Crippen molar-refractivity contribution in [1.29, 1.82) is 0 Å². The van der Waals surface area contributed by atoms with E-state index in [0.29, 0.717) is 11.6 Å². The van der Waals surface area contributed by atoms with Crippen molar-refractivity contribution in [3.05, 3.63) is 94.5 Å². The zero-order valence-corrected chi connectivity index (χ0v) is 18.3. The number of furan rings is 1. The number of rotatable bonds is 4. The quantitative estimate of drug-likeness (QED) is 0.373. The van der Waals surface area contributed by atoms with Crippen molar-refractivity contribution in [2.24, 2.45) is 5.10 Å². The summed E-state index contributed by atoms with van der Waals surface area (Å²) in [5.41, 5.74) is 4.37. The molecule has 0 N–H and O–H groups in total. The molecule has 4 aromatic rings. The van der Waals surface area contributed by atoms with Crippen LogP contribution in [0.15, 0.2) is 76.4 Å². The Morgan fingerprint density at radius 2 is 2.03 bits per heavy atom. The summed E-state index contributed by atoms with van der Waals surface area (Å²) < 4.78 is 10.7. The van der Waals surface area contributed by atoms with Crippen LogP contribution in [0.3, 0.4) is 0 Å². The van der Waals surface area contributed by atoms with Gasteiger partial charge in [0, 0.05) is 17.4 Å². The zero-order valence-electron chi connectivity index (χ0n) is 17.6. The second kappa shape index (κ2) is 8.13. The molecule has 1 aliphatic rings. The van der Waals surface area contributed by atoms with Crippen LogP contribution in [-0.4, -0.2) is 28.7 Å². The van der Waals surface area contributed by atoms with Crippen molar-refractivity contribution in [3.8, 4) is 5.75 Å². The molecule has 2 aromatic heterocycles. The number of benzene rings is 2. The molecule has 1 unspecified atom stereocenters. The maximum Gasteiger partial charge on any atom is 0.310 e. The Morgan fingerprint density at radius 1 is 1.16 bits per heavy atom. The highest BCUT2D eigenvalue weighted by Gasteiger charge is 2.36. The first-order chi connectivity index (χ1) is 15.5. The van der Waals surface area contributed by atoms with Gasteiger partial charge in [-0.2, -0.15) is 5.10 Å². The number of amides is 1. The van der Waals surface area contributed by atoms with E-state index in [4.69, 9.17) is 25.9 Å². The van der Waals surface area contributed by atoms with Crippen molar-refractivity contribution in [3.63, 3.8) is 0 Å². The van der Waals surface area contributed by atoms with Crippen LogP contribution in [0.4, 0.5) is 0 Å². The lowest BCUT2D eigenvalue weighted by Gasteiger charge is -2.22. The van der Waals surface area contributed by atoms with Gasteiger partial charge in [-0.15, -0.1) is 0 Å². The molecule has 0 spiro atoms. The Bertz CT molecular complexity index is 1350. The largest absolute Gasteiger partial charge is 0.497 e.